The first-order valence-corrected chi connectivity index (χ1v) is 9.36. The van der Waals surface area contributed by atoms with Crippen LogP contribution in [0, 0.1) is 0 Å². The zero-order chi connectivity index (χ0) is 20.5. The van der Waals surface area contributed by atoms with E-state index in [9.17, 15) is 19.8 Å². The molecule has 1 fully saturated rings. The van der Waals surface area contributed by atoms with Gasteiger partial charge in [0.2, 0.25) is 0 Å². The van der Waals surface area contributed by atoms with Crippen molar-refractivity contribution < 1.29 is 38.7 Å². The number of carbonyl (C=O) groups excluding carboxylic acids is 2. The highest BCUT2D eigenvalue weighted by molar-refractivity contribution is 5.89. The highest BCUT2D eigenvalue weighted by Gasteiger charge is 2.27. The van der Waals surface area contributed by atoms with Gasteiger partial charge in [-0.2, -0.15) is 0 Å². The average molecular weight is 396 g/mol. The summed E-state index contributed by atoms with van der Waals surface area (Å²) in [4.78, 5) is 24.1. The number of Topliss-reactive ketones (excluding diaryl/α,β-unsaturated/α-hetero) is 1. The van der Waals surface area contributed by atoms with Gasteiger partial charge in [-0.1, -0.05) is 0 Å². The number of ketones is 1. The third kappa shape index (κ3) is 6.56. The second-order valence-corrected chi connectivity index (χ2v) is 6.73. The van der Waals surface area contributed by atoms with Crippen molar-refractivity contribution in [3.05, 3.63) is 29.8 Å². The first-order valence-electron chi connectivity index (χ1n) is 9.36. The average Bonchev–Trinajstić information content (AvgIpc) is 2.71. The second kappa shape index (κ2) is 11.1. The summed E-state index contributed by atoms with van der Waals surface area (Å²) in [6.07, 6.45) is -0.226. The summed E-state index contributed by atoms with van der Waals surface area (Å²) in [5.74, 6) is -0.338. The van der Waals surface area contributed by atoms with Gasteiger partial charge in [-0.05, 0) is 56.4 Å². The number of benzene rings is 1. The smallest absolute Gasteiger partial charge is 0.338 e. The predicted molar refractivity (Wildman–Crippen MR) is 98.8 cm³/mol. The highest BCUT2D eigenvalue weighted by Crippen LogP contribution is 2.21. The van der Waals surface area contributed by atoms with Crippen molar-refractivity contribution in [2.45, 2.75) is 63.3 Å². The molecule has 0 amide bonds. The molecule has 8 heteroatoms. The molecule has 3 atom stereocenters. The predicted octanol–water partition coefficient (Wildman–Crippen LogP) is 1.81. The minimum absolute atomic E-state index is 0.188. The van der Waals surface area contributed by atoms with E-state index in [1.807, 2.05) is 0 Å². The topological polar surface area (TPSA) is 112 Å². The maximum absolute atomic E-state index is 12.4. The fraction of sp³-hybridized carbons (Fsp3) is 0.600. The fourth-order valence-corrected chi connectivity index (χ4v) is 3.00. The summed E-state index contributed by atoms with van der Waals surface area (Å²) in [5.41, 5.74) is 0.367. The molecule has 1 aliphatic carbocycles. The Morgan fingerprint density at radius 2 is 1.71 bits per heavy atom. The van der Waals surface area contributed by atoms with Crippen molar-refractivity contribution in [1.29, 1.82) is 0 Å². The van der Waals surface area contributed by atoms with E-state index in [-0.39, 0.29) is 24.7 Å². The summed E-state index contributed by atoms with van der Waals surface area (Å²) >= 11 is 0. The summed E-state index contributed by atoms with van der Waals surface area (Å²) in [5, 5.41) is 19.7. The fourth-order valence-electron chi connectivity index (χ4n) is 3.00. The van der Waals surface area contributed by atoms with Crippen molar-refractivity contribution in [3.8, 4) is 5.75 Å². The molecule has 3 unspecified atom stereocenters. The molecule has 1 aliphatic rings. The standard InChI is InChI=1S/C20H28O8/c1-25-20(26-2)28-15-9-7-13(8-10-15)19(24)27-14-5-3-4-6-16(21)18(23)17(22)12-11-14/h7-10,14,17-18,20,22-23H,3-6,11-12H2,1-2H3. The van der Waals surface area contributed by atoms with Gasteiger partial charge in [-0.25, -0.2) is 4.79 Å². The lowest BCUT2D eigenvalue weighted by Crippen LogP contribution is -2.35. The van der Waals surface area contributed by atoms with Crippen LogP contribution in [0.3, 0.4) is 0 Å². The van der Waals surface area contributed by atoms with E-state index >= 15 is 0 Å². The van der Waals surface area contributed by atoms with Crippen molar-refractivity contribution in [1.82, 2.24) is 0 Å². The van der Waals surface area contributed by atoms with E-state index in [0.717, 1.165) is 0 Å². The summed E-state index contributed by atoms with van der Waals surface area (Å²) in [7, 11) is 2.90. The monoisotopic (exact) mass is 396 g/mol. The summed E-state index contributed by atoms with van der Waals surface area (Å²) in [6.45, 7) is -0.839. The van der Waals surface area contributed by atoms with E-state index in [1.165, 1.54) is 14.2 Å². The maximum Gasteiger partial charge on any atom is 0.338 e. The molecule has 1 saturated carbocycles. The van der Waals surface area contributed by atoms with Gasteiger partial charge in [-0.15, -0.1) is 0 Å². The third-order valence-electron chi connectivity index (χ3n) is 4.66. The van der Waals surface area contributed by atoms with Gasteiger partial charge in [0.05, 0.1) is 11.7 Å². The lowest BCUT2D eigenvalue weighted by atomic mass is 9.95. The number of esters is 1. The normalized spacial score (nSPS) is 24.0. The molecule has 0 heterocycles. The number of aliphatic hydroxyl groups excluding tert-OH is 2. The molecule has 2 N–H and O–H groups in total. The van der Waals surface area contributed by atoms with E-state index < -0.39 is 24.7 Å². The van der Waals surface area contributed by atoms with Crippen LogP contribution in [0.1, 0.15) is 48.9 Å². The molecule has 0 aromatic heterocycles. The van der Waals surface area contributed by atoms with Gasteiger partial charge in [-0.3, -0.25) is 4.79 Å². The van der Waals surface area contributed by atoms with Crippen molar-refractivity contribution in [2.75, 3.05) is 14.2 Å². The molecule has 156 valence electrons. The lowest BCUT2D eigenvalue weighted by molar-refractivity contribution is -0.219. The Morgan fingerprint density at radius 1 is 1.04 bits per heavy atom. The number of aliphatic hydroxyl groups is 2. The summed E-state index contributed by atoms with van der Waals surface area (Å²) in [6, 6.07) is 6.39. The van der Waals surface area contributed by atoms with Crippen LogP contribution >= 0.6 is 0 Å². The zero-order valence-electron chi connectivity index (χ0n) is 16.2. The third-order valence-corrected chi connectivity index (χ3v) is 4.66. The van der Waals surface area contributed by atoms with Gasteiger partial charge >= 0.3 is 12.4 Å². The number of ether oxygens (including phenoxy) is 4. The number of carbonyl (C=O) groups is 2. The molecule has 0 aliphatic heterocycles. The Morgan fingerprint density at radius 3 is 2.36 bits per heavy atom. The van der Waals surface area contributed by atoms with Crippen molar-refractivity contribution in [3.63, 3.8) is 0 Å². The second-order valence-electron chi connectivity index (χ2n) is 6.73. The minimum Gasteiger partial charge on any atom is -0.459 e. The Labute approximate surface area is 164 Å². The van der Waals surface area contributed by atoms with E-state index in [1.54, 1.807) is 24.3 Å². The first kappa shape index (κ1) is 22.3. The van der Waals surface area contributed by atoms with Gasteiger partial charge < -0.3 is 29.2 Å². The van der Waals surface area contributed by atoms with Gasteiger partial charge in [0.25, 0.3) is 0 Å². The lowest BCUT2D eigenvalue weighted by Gasteiger charge is -2.23. The molecule has 2 rings (SSSR count). The Kier molecular flexibility index (Phi) is 8.85. The van der Waals surface area contributed by atoms with Gasteiger partial charge in [0, 0.05) is 20.6 Å². The van der Waals surface area contributed by atoms with Crippen LogP contribution in [0.4, 0.5) is 0 Å². The molecular weight excluding hydrogens is 368 g/mol. The van der Waals surface area contributed by atoms with Crippen molar-refractivity contribution >= 4 is 11.8 Å². The van der Waals surface area contributed by atoms with E-state index in [4.69, 9.17) is 18.9 Å². The number of hydrogen-bond donors (Lipinski definition) is 2. The number of rotatable bonds is 6. The largest absolute Gasteiger partial charge is 0.459 e. The SMILES string of the molecule is COC(OC)Oc1ccc(C(=O)OC2CCCCC(=O)C(O)C(O)CC2)cc1. The van der Waals surface area contributed by atoms with Gasteiger partial charge in [0.15, 0.2) is 5.78 Å². The highest BCUT2D eigenvalue weighted by atomic mass is 16.8. The van der Waals surface area contributed by atoms with Crippen LogP contribution in [-0.4, -0.2) is 61.0 Å². The number of methoxy groups -OCH3 is 2. The van der Waals surface area contributed by atoms with E-state index in [2.05, 4.69) is 0 Å². The van der Waals surface area contributed by atoms with Crippen LogP contribution < -0.4 is 4.74 Å². The molecular formula is C20H28O8. The molecule has 0 saturated heterocycles. The minimum atomic E-state index is -1.37. The zero-order valence-corrected chi connectivity index (χ0v) is 16.2. The Hall–Kier alpha value is -2.00. The molecule has 8 nitrogen and oxygen atoms in total. The summed E-state index contributed by atoms with van der Waals surface area (Å²) < 4.78 is 20.9. The molecule has 0 bridgehead atoms. The van der Waals surface area contributed by atoms with Crippen LogP contribution in [0.5, 0.6) is 5.75 Å². The molecule has 1 aromatic rings. The maximum atomic E-state index is 12.4. The quantitative estimate of drug-likeness (QED) is 0.553. The first-order chi connectivity index (χ1) is 13.4. The van der Waals surface area contributed by atoms with Crippen LogP contribution in [0.25, 0.3) is 0 Å². The van der Waals surface area contributed by atoms with Crippen molar-refractivity contribution in [2.24, 2.45) is 0 Å². The Balaban J connectivity index is 1.93. The number of hydrogen-bond acceptors (Lipinski definition) is 8. The van der Waals surface area contributed by atoms with Crippen LogP contribution in [0.2, 0.25) is 0 Å². The van der Waals surface area contributed by atoms with Crippen LogP contribution in [0.15, 0.2) is 24.3 Å². The Bertz CT molecular complexity index is 626. The van der Waals surface area contributed by atoms with Crippen LogP contribution in [-0.2, 0) is 19.0 Å². The molecule has 0 radical (unpaired) electrons. The molecule has 28 heavy (non-hydrogen) atoms. The molecule has 0 spiro atoms. The van der Waals surface area contributed by atoms with Gasteiger partial charge in [0.1, 0.15) is 18.0 Å². The van der Waals surface area contributed by atoms with E-state index in [0.29, 0.717) is 37.0 Å². The molecule has 1 aromatic carbocycles.